The first-order valence-electron chi connectivity index (χ1n) is 4.70. The van der Waals surface area contributed by atoms with E-state index in [4.69, 9.17) is 14.6 Å². The monoisotopic (exact) mass is 208 g/mol. The van der Waals surface area contributed by atoms with Gasteiger partial charge in [-0.2, -0.15) is 11.8 Å². The Morgan fingerprint density at radius 3 is 2.15 bits per heavy atom. The van der Waals surface area contributed by atoms with Crippen molar-refractivity contribution in [2.75, 3.05) is 25.6 Å². The quantitative estimate of drug-likeness (QED) is 0.614. The Bertz CT molecular complexity index is 105. The van der Waals surface area contributed by atoms with Gasteiger partial charge in [0.15, 0.2) is 6.29 Å². The standard InChI is InChI=1S/C9H20O3S/c1-4-11-9(12-5-2)7-13-8(3)6-10/h8-10H,4-7H2,1-3H3. The van der Waals surface area contributed by atoms with E-state index >= 15 is 0 Å². The maximum absolute atomic E-state index is 8.80. The Morgan fingerprint density at radius 1 is 1.23 bits per heavy atom. The van der Waals surface area contributed by atoms with Crippen LogP contribution in [0.5, 0.6) is 0 Å². The summed E-state index contributed by atoms with van der Waals surface area (Å²) in [7, 11) is 0. The van der Waals surface area contributed by atoms with E-state index in [1.54, 1.807) is 11.8 Å². The highest BCUT2D eigenvalue weighted by molar-refractivity contribution is 7.99. The number of hydrogen-bond donors (Lipinski definition) is 1. The fourth-order valence-electron chi connectivity index (χ4n) is 0.812. The summed E-state index contributed by atoms with van der Waals surface area (Å²) in [4.78, 5) is 0. The summed E-state index contributed by atoms with van der Waals surface area (Å²) in [6, 6.07) is 0. The zero-order valence-corrected chi connectivity index (χ0v) is 9.47. The molecule has 3 nitrogen and oxygen atoms in total. The smallest absolute Gasteiger partial charge is 0.166 e. The minimum Gasteiger partial charge on any atom is -0.395 e. The van der Waals surface area contributed by atoms with Crippen molar-refractivity contribution in [3.63, 3.8) is 0 Å². The third-order valence-corrected chi connectivity index (χ3v) is 2.66. The van der Waals surface area contributed by atoms with Crippen molar-refractivity contribution in [2.24, 2.45) is 0 Å². The number of ether oxygens (including phenoxy) is 2. The third kappa shape index (κ3) is 7.31. The molecule has 0 aliphatic rings. The van der Waals surface area contributed by atoms with Gasteiger partial charge in [0.05, 0.1) is 6.61 Å². The molecule has 4 heteroatoms. The lowest BCUT2D eigenvalue weighted by molar-refractivity contribution is -0.120. The fourth-order valence-corrected chi connectivity index (χ4v) is 1.60. The lowest BCUT2D eigenvalue weighted by Gasteiger charge is -2.17. The molecule has 0 rings (SSSR count). The van der Waals surface area contributed by atoms with Crippen LogP contribution in [0, 0.1) is 0 Å². The molecule has 1 atom stereocenters. The van der Waals surface area contributed by atoms with Crippen molar-refractivity contribution in [3.05, 3.63) is 0 Å². The third-order valence-electron chi connectivity index (χ3n) is 1.48. The van der Waals surface area contributed by atoms with Crippen molar-refractivity contribution in [1.29, 1.82) is 0 Å². The van der Waals surface area contributed by atoms with E-state index in [2.05, 4.69) is 0 Å². The second kappa shape index (κ2) is 8.81. The summed E-state index contributed by atoms with van der Waals surface area (Å²) in [6.45, 7) is 7.42. The van der Waals surface area contributed by atoms with Crippen LogP contribution in [0.3, 0.4) is 0 Å². The maximum atomic E-state index is 8.80. The highest BCUT2D eigenvalue weighted by Crippen LogP contribution is 2.13. The normalized spacial score (nSPS) is 13.6. The number of rotatable bonds is 8. The van der Waals surface area contributed by atoms with Gasteiger partial charge < -0.3 is 14.6 Å². The van der Waals surface area contributed by atoms with Gasteiger partial charge in [-0.25, -0.2) is 0 Å². The zero-order chi connectivity index (χ0) is 10.1. The predicted octanol–water partition coefficient (Wildman–Crippen LogP) is 1.50. The molecule has 0 aliphatic carbocycles. The van der Waals surface area contributed by atoms with Crippen LogP contribution >= 0.6 is 11.8 Å². The molecule has 80 valence electrons. The fraction of sp³-hybridized carbons (Fsp3) is 1.00. The van der Waals surface area contributed by atoms with Gasteiger partial charge in [-0.1, -0.05) is 6.92 Å². The van der Waals surface area contributed by atoms with E-state index in [9.17, 15) is 0 Å². The Labute approximate surface area is 84.8 Å². The van der Waals surface area contributed by atoms with Gasteiger partial charge in [0.2, 0.25) is 0 Å². The van der Waals surface area contributed by atoms with E-state index < -0.39 is 0 Å². The summed E-state index contributed by atoms with van der Waals surface area (Å²) in [6.07, 6.45) is -0.131. The molecule has 0 fully saturated rings. The largest absolute Gasteiger partial charge is 0.395 e. The van der Waals surface area contributed by atoms with Crippen LogP contribution in [0.2, 0.25) is 0 Å². The van der Waals surface area contributed by atoms with E-state index in [1.807, 2.05) is 20.8 Å². The molecule has 0 saturated heterocycles. The second-order valence-corrected chi connectivity index (χ2v) is 4.14. The lowest BCUT2D eigenvalue weighted by Crippen LogP contribution is -2.21. The highest BCUT2D eigenvalue weighted by Gasteiger charge is 2.10. The van der Waals surface area contributed by atoms with Gasteiger partial charge in [-0.3, -0.25) is 0 Å². The van der Waals surface area contributed by atoms with Gasteiger partial charge in [0, 0.05) is 24.2 Å². The molecule has 0 aromatic carbocycles. The van der Waals surface area contributed by atoms with Crippen LogP contribution in [-0.4, -0.2) is 42.2 Å². The second-order valence-electron chi connectivity index (χ2n) is 2.67. The van der Waals surface area contributed by atoms with Gasteiger partial charge in [-0.15, -0.1) is 0 Å². The minimum atomic E-state index is -0.131. The molecule has 0 bridgehead atoms. The highest BCUT2D eigenvalue weighted by atomic mass is 32.2. The Kier molecular flexibility index (Phi) is 8.97. The maximum Gasteiger partial charge on any atom is 0.166 e. The van der Waals surface area contributed by atoms with E-state index in [1.165, 1.54) is 0 Å². The van der Waals surface area contributed by atoms with Crippen LogP contribution in [0.4, 0.5) is 0 Å². The van der Waals surface area contributed by atoms with Crippen LogP contribution < -0.4 is 0 Å². The first-order valence-corrected chi connectivity index (χ1v) is 5.75. The molecule has 1 unspecified atom stereocenters. The van der Waals surface area contributed by atoms with Gasteiger partial charge in [0.25, 0.3) is 0 Å². The van der Waals surface area contributed by atoms with Crippen LogP contribution in [0.1, 0.15) is 20.8 Å². The molecule has 0 radical (unpaired) electrons. The first kappa shape index (κ1) is 13.2. The van der Waals surface area contributed by atoms with Crippen molar-refractivity contribution >= 4 is 11.8 Å². The molecule has 0 aliphatic heterocycles. The lowest BCUT2D eigenvalue weighted by atomic mass is 10.5. The number of aliphatic hydroxyl groups is 1. The first-order chi connectivity index (χ1) is 6.24. The zero-order valence-electron chi connectivity index (χ0n) is 8.66. The van der Waals surface area contributed by atoms with E-state index in [0.29, 0.717) is 13.2 Å². The molecular weight excluding hydrogens is 188 g/mol. The Hall–Kier alpha value is 0.230. The average molecular weight is 208 g/mol. The molecule has 0 heterocycles. The van der Waals surface area contributed by atoms with E-state index in [0.717, 1.165) is 5.75 Å². The molecule has 1 N–H and O–H groups in total. The minimum absolute atomic E-state index is 0.131. The average Bonchev–Trinajstić information content (AvgIpc) is 2.14. The summed E-state index contributed by atoms with van der Waals surface area (Å²) in [5.41, 5.74) is 0. The van der Waals surface area contributed by atoms with Crippen molar-refractivity contribution in [2.45, 2.75) is 32.3 Å². The Morgan fingerprint density at radius 2 is 1.77 bits per heavy atom. The van der Waals surface area contributed by atoms with Crippen molar-refractivity contribution in [1.82, 2.24) is 0 Å². The SMILES string of the molecule is CCOC(CSC(C)CO)OCC. The van der Waals surface area contributed by atoms with Gasteiger partial charge in [-0.05, 0) is 13.8 Å². The summed E-state index contributed by atoms with van der Waals surface area (Å²) < 4.78 is 10.7. The number of thioether (sulfide) groups is 1. The Balaban J connectivity index is 3.55. The summed E-state index contributed by atoms with van der Waals surface area (Å²) in [5, 5.41) is 9.06. The van der Waals surface area contributed by atoms with Crippen molar-refractivity contribution < 1.29 is 14.6 Å². The van der Waals surface area contributed by atoms with Crippen molar-refractivity contribution in [3.8, 4) is 0 Å². The summed E-state index contributed by atoms with van der Waals surface area (Å²) in [5.74, 6) is 0.781. The van der Waals surface area contributed by atoms with Gasteiger partial charge >= 0.3 is 0 Å². The number of hydrogen-bond acceptors (Lipinski definition) is 4. The van der Waals surface area contributed by atoms with Crippen LogP contribution in [-0.2, 0) is 9.47 Å². The molecule has 0 amide bonds. The molecule has 0 spiro atoms. The molecule has 0 saturated carbocycles. The van der Waals surface area contributed by atoms with Crippen LogP contribution in [0.15, 0.2) is 0 Å². The number of aliphatic hydroxyl groups excluding tert-OH is 1. The topological polar surface area (TPSA) is 38.7 Å². The van der Waals surface area contributed by atoms with Gasteiger partial charge in [0.1, 0.15) is 0 Å². The van der Waals surface area contributed by atoms with E-state index in [-0.39, 0.29) is 18.1 Å². The molecule has 0 aromatic rings. The predicted molar refractivity (Wildman–Crippen MR) is 56.0 cm³/mol. The molecule has 0 aromatic heterocycles. The molecular formula is C9H20O3S. The molecule has 13 heavy (non-hydrogen) atoms. The summed E-state index contributed by atoms with van der Waals surface area (Å²) >= 11 is 1.66. The van der Waals surface area contributed by atoms with Crippen LogP contribution in [0.25, 0.3) is 0 Å².